The number of nitriles is 1. The third kappa shape index (κ3) is 1.53. The lowest BCUT2D eigenvalue weighted by Gasteiger charge is -2.28. The molecule has 1 amide bonds. The monoisotopic (exact) mass is 240 g/mol. The number of amides is 1. The molecule has 1 N–H and O–H groups in total. The maximum absolute atomic E-state index is 12.2. The summed E-state index contributed by atoms with van der Waals surface area (Å²) in [5, 5.41) is 12.0. The predicted octanol–water partition coefficient (Wildman–Crippen LogP) is 2.33. The summed E-state index contributed by atoms with van der Waals surface area (Å²) in [6, 6.07) is 9.89. The Labute approximate surface area is 107 Å². The van der Waals surface area contributed by atoms with Gasteiger partial charge in [0.2, 0.25) is 5.91 Å². The number of nitrogens with zero attached hydrogens (tertiary/aromatic N) is 1. The zero-order valence-corrected chi connectivity index (χ0v) is 10.3. The molecular formula is C15H16N2O. The summed E-state index contributed by atoms with van der Waals surface area (Å²) >= 11 is 0. The molecule has 2 fully saturated rings. The number of carbonyl (C=O) groups is 1. The molecule has 3 heteroatoms. The summed E-state index contributed by atoms with van der Waals surface area (Å²) in [5.41, 5.74) is 1.61. The lowest BCUT2D eigenvalue weighted by atomic mass is 9.72. The fourth-order valence-electron chi connectivity index (χ4n) is 3.57. The number of hydrogen-bond acceptors (Lipinski definition) is 2. The maximum Gasteiger partial charge on any atom is 0.226 e. The smallest absolute Gasteiger partial charge is 0.226 e. The largest absolute Gasteiger partial charge is 0.355 e. The quantitative estimate of drug-likeness (QED) is 0.819. The van der Waals surface area contributed by atoms with E-state index in [1.807, 2.05) is 24.3 Å². The Balaban J connectivity index is 2.00. The fraction of sp³-hybridized carbons (Fsp3) is 0.467. The number of rotatable bonds is 1. The summed E-state index contributed by atoms with van der Waals surface area (Å²) in [5.74, 6) is 0.452. The van der Waals surface area contributed by atoms with Crippen LogP contribution in [0.1, 0.15) is 42.7 Å². The summed E-state index contributed by atoms with van der Waals surface area (Å²) in [6.07, 6.45) is 4.25. The maximum atomic E-state index is 12.2. The molecule has 1 aromatic carbocycles. The van der Waals surface area contributed by atoms with Crippen LogP contribution in [0.25, 0.3) is 0 Å². The summed E-state index contributed by atoms with van der Waals surface area (Å²) < 4.78 is 0. The molecule has 1 aliphatic heterocycles. The Morgan fingerprint density at radius 2 is 2.11 bits per heavy atom. The van der Waals surface area contributed by atoms with Gasteiger partial charge in [-0.1, -0.05) is 25.0 Å². The molecule has 0 aromatic heterocycles. The van der Waals surface area contributed by atoms with Crippen LogP contribution in [-0.4, -0.2) is 12.5 Å². The van der Waals surface area contributed by atoms with Gasteiger partial charge in [-0.15, -0.1) is 0 Å². The minimum atomic E-state index is -0.200. The number of nitrogens with one attached hydrogen (secondary N) is 1. The van der Waals surface area contributed by atoms with Crippen LogP contribution in [0.15, 0.2) is 24.3 Å². The first kappa shape index (κ1) is 11.3. The lowest BCUT2D eigenvalue weighted by Crippen LogP contribution is -2.31. The second kappa shape index (κ2) is 4.13. The van der Waals surface area contributed by atoms with Gasteiger partial charge in [-0.3, -0.25) is 4.79 Å². The Morgan fingerprint density at radius 3 is 2.83 bits per heavy atom. The molecule has 0 radical (unpaired) electrons. The van der Waals surface area contributed by atoms with Gasteiger partial charge in [-0.2, -0.15) is 5.26 Å². The van der Waals surface area contributed by atoms with E-state index >= 15 is 0 Å². The standard InChI is InChI=1S/C15H16N2O/c16-9-11-4-3-5-12(8-11)13-10-17-14(18)15(13)6-1-2-7-15/h3-5,8,13H,1-2,6-7,10H2,(H,17,18). The third-order valence-electron chi connectivity index (χ3n) is 4.50. The normalized spacial score (nSPS) is 25.1. The topological polar surface area (TPSA) is 52.9 Å². The van der Waals surface area contributed by atoms with Crippen LogP contribution in [0.4, 0.5) is 0 Å². The highest BCUT2D eigenvalue weighted by molar-refractivity contribution is 5.86. The molecule has 3 rings (SSSR count). The van der Waals surface area contributed by atoms with Crippen molar-refractivity contribution in [1.29, 1.82) is 5.26 Å². The first-order valence-electron chi connectivity index (χ1n) is 6.55. The van der Waals surface area contributed by atoms with Gasteiger partial charge in [-0.25, -0.2) is 0 Å². The minimum Gasteiger partial charge on any atom is -0.355 e. The van der Waals surface area contributed by atoms with E-state index in [4.69, 9.17) is 5.26 Å². The number of carbonyl (C=O) groups excluding carboxylic acids is 1. The van der Waals surface area contributed by atoms with Crippen LogP contribution in [0.2, 0.25) is 0 Å². The molecule has 1 atom stereocenters. The van der Waals surface area contributed by atoms with Gasteiger partial charge in [0, 0.05) is 12.5 Å². The first-order chi connectivity index (χ1) is 8.76. The highest BCUT2D eigenvalue weighted by Crippen LogP contribution is 2.51. The van der Waals surface area contributed by atoms with Crippen LogP contribution in [-0.2, 0) is 4.79 Å². The van der Waals surface area contributed by atoms with E-state index in [9.17, 15) is 4.79 Å². The molecule has 1 aliphatic carbocycles. The molecule has 1 unspecified atom stereocenters. The molecule has 2 aliphatic rings. The molecule has 18 heavy (non-hydrogen) atoms. The van der Waals surface area contributed by atoms with Gasteiger partial charge in [0.15, 0.2) is 0 Å². The van der Waals surface area contributed by atoms with Crippen molar-refractivity contribution in [3.63, 3.8) is 0 Å². The van der Waals surface area contributed by atoms with Crippen LogP contribution < -0.4 is 5.32 Å². The summed E-state index contributed by atoms with van der Waals surface area (Å²) in [7, 11) is 0. The van der Waals surface area contributed by atoms with E-state index < -0.39 is 0 Å². The van der Waals surface area contributed by atoms with Crippen LogP contribution >= 0.6 is 0 Å². The van der Waals surface area contributed by atoms with E-state index in [1.165, 1.54) is 0 Å². The second-order valence-electron chi connectivity index (χ2n) is 5.36. The lowest BCUT2D eigenvalue weighted by molar-refractivity contribution is -0.127. The van der Waals surface area contributed by atoms with Crippen molar-refractivity contribution in [3.05, 3.63) is 35.4 Å². The van der Waals surface area contributed by atoms with Crippen molar-refractivity contribution in [1.82, 2.24) is 5.32 Å². The molecule has 1 saturated heterocycles. The van der Waals surface area contributed by atoms with E-state index in [1.54, 1.807) is 0 Å². The van der Waals surface area contributed by atoms with Crippen molar-refractivity contribution < 1.29 is 4.79 Å². The highest BCUT2D eigenvalue weighted by Gasteiger charge is 2.51. The highest BCUT2D eigenvalue weighted by atomic mass is 16.2. The molecule has 1 heterocycles. The van der Waals surface area contributed by atoms with E-state index in [0.717, 1.165) is 31.2 Å². The van der Waals surface area contributed by atoms with Crippen LogP contribution in [0.3, 0.4) is 0 Å². The van der Waals surface area contributed by atoms with Crippen molar-refractivity contribution >= 4 is 5.91 Å². The first-order valence-corrected chi connectivity index (χ1v) is 6.55. The van der Waals surface area contributed by atoms with Gasteiger partial charge >= 0.3 is 0 Å². The summed E-state index contributed by atoms with van der Waals surface area (Å²) in [4.78, 5) is 12.2. The molecule has 92 valence electrons. The Morgan fingerprint density at radius 1 is 1.33 bits per heavy atom. The van der Waals surface area contributed by atoms with Gasteiger partial charge in [0.05, 0.1) is 17.0 Å². The average Bonchev–Trinajstić information content (AvgIpc) is 3.00. The number of hydrogen-bond donors (Lipinski definition) is 1. The SMILES string of the molecule is N#Cc1cccc(C2CNC(=O)C23CCCC3)c1. The summed E-state index contributed by atoms with van der Waals surface area (Å²) in [6.45, 7) is 0.716. The minimum absolute atomic E-state index is 0.200. The zero-order valence-electron chi connectivity index (χ0n) is 10.3. The molecule has 1 aromatic rings. The molecule has 3 nitrogen and oxygen atoms in total. The average molecular weight is 240 g/mol. The molecule has 0 bridgehead atoms. The molecule has 1 spiro atoms. The van der Waals surface area contributed by atoms with Crippen molar-refractivity contribution in [2.75, 3.05) is 6.54 Å². The van der Waals surface area contributed by atoms with Crippen LogP contribution in [0, 0.1) is 16.7 Å². The van der Waals surface area contributed by atoms with Gasteiger partial charge < -0.3 is 5.32 Å². The zero-order chi connectivity index (χ0) is 12.6. The fourth-order valence-corrected chi connectivity index (χ4v) is 3.57. The van der Waals surface area contributed by atoms with Gasteiger partial charge in [-0.05, 0) is 30.5 Å². The van der Waals surface area contributed by atoms with Crippen molar-refractivity contribution in [2.24, 2.45) is 5.41 Å². The van der Waals surface area contributed by atoms with Crippen molar-refractivity contribution in [2.45, 2.75) is 31.6 Å². The second-order valence-corrected chi connectivity index (χ2v) is 5.36. The van der Waals surface area contributed by atoms with Gasteiger partial charge in [0.1, 0.15) is 0 Å². The number of benzene rings is 1. The van der Waals surface area contributed by atoms with E-state index in [0.29, 0.717) is 12.1 Å². The van der Waals surface area contributed by atoms with E-state index in [-0.39, 0.29) is 17.2 Å². The Kier molecular flexibility index (Phi) is 2.59. The Hall–Kier alpha value is -1.82. The predicted molar refractivity (Wildman–Crippen MR) is 67.8 cm³/mol. The van der Waals surface area contributed by atoms with E-state index in [2.05, 4.69) is 11.4 Å². The Bertz CT molecular complexity index is 524. The molecular weight excluding hydrogens is 224 g/mol. The third-order valence-corrected chi connectivity index (χ3v) is 4.50. The molecule has 1 saturated carbocycles. The van der Waals surface area contributed by atoms with Gasteiger partial charge in [0.25, 0.3) is 0 Å². The van der Waals surface area contributed by atoms with Crippen molar-refractivity contribution in [3.8, 4) is 6.07 Å². The van der Waals surface area contributed by atoms with Crippen LogP contribution in [0.5, 0.6) is 0 Å².